The lowest BCUT2D eigenvalue weighted by Gasteiger charge is -2.32. The maximum Gasteiger partial charge on any atom is 0.410 e. The summed E-state index contributed by atoms with van der Waals surface area (Å²) in [6.45, 7) is 3.41. The van der Waals surface area contributed by atoms with Crippen molar-refractivity contribution in [2.45, 2.75) is 89.0 Å². The van der Waals surface area contributed by atoms with E-state index < -0.39 is 48.7 Å². The third kappa shape index (κ3) is 6.46. The number of alkyl halides is 3. The predicted octanol–water partition coefficient (Wildman–Crippen LogP) is 4.31. The van der Waals surface area contributed by atoms with Crippen LogP contribution in [0.15, 0.2) is 23.0 Å². The monoisotopic (exact) mass is 577 g/mol. The maximum absolute atomic E-state index is 13.6. The van der Waals surface area contributed by atoms with Gasteiger partial charge in [0.25, 0.3) is 5.91 Å². The van der Waals surface area contributed by atoms with Crippen LogP contribution in [0, 0.1) is 11.8 Å². The van der Waals surface area contributed by atoms with Gasteiger partial charge in [-0.25, -0.2) is 14.4 Å². The molecule has 0 bridgehead atoms. The van der Waals surface area contributed by atoms with Crippen LogP contribution in [-0.4, -0.2) is 62.8 Å². The summed E-state index contributed by atoms with van der Waals surface area (Å²) in [5.74, 6) is -0.278. The van der Waals surface area contributed by atoms with E-state index in [1.165, 1.54) is 6.20 Å². The highest BCUT2D eigenvalue weighted by molar-refractivity contribution is 6.00. The van der Waals surface area contributed by atoms with Crippen LogP contribution in [0.1, 0.15) is 92.5 Å². The average Bonchev–Trinajstić information content (AvgIpc) is 3.52. The normalized spacial score (nSPS) is 24.5. The van der Waals surface area contributed by atoms with E-state index in [4.69, 9.17) is 4.63 Å². The van der Waals surface area contributed by atoms with Gasteiger partial charge in [0.1, 0.15) is 23.6 Å². The highest BCUT2D eigenvalue weighted by atomic mass is 19.4. The van der Waals surface area contributed by atoms with Crippen molar-refractivity contribution in [2.75, 3.05) is 11.9 Å². The minimum absolute atomic E-state index is 0.0847. The molecule has 0 aromatic carbocycles. The van der Waals surface area contributed by atoms with Crippen molar-refractivity contribution in [1.29, 1.82) is 0 Å². The van der Waals surface area contributed by atoms with Gasteiger partial charge >= 0.3 is 12.2 Å². The second kappa shape index (κ2) is 11.6. The Kier molecular flexibility index (Phi) is 8.18. The largest absolute Gasteiger partial charge is 0.410 e. The second-order valence-corrected chi connectivity index (χ2v) is 11.3. The Labute approximate surface area is 235 Å². The number of nitrogens with zero attached hydrogens (tertiary/aromatic N) is 4. The van der Waals surface area contributed by atoms with E-state index in [0.29, 0.717) is 23.6 Å². The topological polar surface area (TPSA) is 142 Å². The fourth-order valence-electron chi connectivity index (χ4n) is 5.78. The molecule has 41 heavy (non-hydrogen) atoms. The van der Waals surface area contributed by atoms with Crippen molar-refractivity contribution in [1.82, 2.24) is 30.8 Å². The number of halogens is 3. The van der Waals surface area contributed by atoms with Crippen LogP contribution in [0.2, 0.25) is 0 Å². The zero-order valence-electron chi connectivity index (χ0n) is 22.9. The van der Waals surface area contributed by atoms with Crippen LogP contribution in [0.25, 0.3) is 0 Å². The van der Waals surface area contributed by atoms with Gasteiger partial charge in [0.2, 0.25) is 5.91 Å². The molecule has 3 aliphatic rings. The first-order valence-corrected chi connectivity index (χ1v) is 14.1. The van der Waals surface area contributed by atoms with E-state index in [9.17, 15) is 27.6 Å². The van der Waals surface area contributed by atoms with Gasteiger partial charge in [-0.15, -0.1) is 0 Å². The molecule has 3 fully saturated rings. The number of rotatable bonds is 9. The quantitative estimate of drug-likeness (QED) is 0.403. The Balaban J connectivity index is 1.33. The summed E-state index contributed by atoms with van der Waals surface area (Å²) in [6, 6.07) is -1.12. The van der Waals surface area contributed by atoms with E-state index in [-0.39, 0.29) is 23.3 Å². The van der Waals surface area contributed by atoms with E-state index in [2.05, 4.69) is 32.9 Å². The van der Waals surface area contributed by atoms with Crippen molar-refractivity contribution in [3.63, 3.8) is 0 Å². The summed E-state index contributed by atoms with van der Waals surface area (Å²) < 4.78 is 44.5. The molecule has 222 valence electrons. The van der Waals surface area contributed by atoms with Crippen molar-refractivity contribution < 1.29 is 32.2 Å². The molecule has 5 rings (SSSR count). The van der Waals surface area contributed by atoms with Gasteiger partial charge in [-0.05, 0) is 66.8 Å². The number of hydrogen-bond acceptors (Lipinski definition) is 7. The fraction of sp³-hybridized carbons (Fsp3) is 0.630. The molecule has 3 heterocycles. The smallest absolute Gasteiger partial charge is 0.338 e. The first-order chi connectivity index (χ1) is 19.5. The fourth-order valence-corrected chi connectivity index (χ4v) is 5.78. The molecule has 0 radical (unpaired) electrons. The Bertz CT molecular complexity index is 1270. The molecule has 3 atom stereocenters. The van der Waals surface area contributed by atoms with E-state index >= 15 is 0 Å². The Morgan fingerprint density at radius 1 is 1.17 bits per heavy atom. The molecule has 2 aliphatic carbocycles. The number of urea groups is 1. The number of pyridine rings is 1. The number of nitrogens with one attached hydrogen (secondary N) is 3. The number of carbonyl (C=O) groups excluding carboxylic acids is 3. The molecule has 1 saturated heterocycles. The zero-order chi connectivity index (χ0) is 29.3. The van der Waals surface area contributed by atoms with Crippen molar-refractivity contribution in [2.24, 2.45) is 11.8 Å². The summed E-state index contributed by atoms with van der Waals surface area (Å²) in [4.78, 5) is 44.6. The summed E-state index contributed by atoms with van der Waals surface area (Å²) in [6.07, 6.45) is 2.37. The highest BCUT2D eigenvalue weighted by Crippen LogP contribution is 2.40. The zero-order valence-corrected chi connectivity index (χ0v) is 22.9. The second-order valence-electron chi connectivity index (χ2n) is 11.3. The van der Waals surface area contributed by atoms with Crippen LogP contribution in [0.5, 0.6) is 0 Å². The molecule has 0 spiro atoms. The lowest BCUT2D eigenvalue weighted by Crippen LogP contribution is -2.49. The number of carbonyl (C=O) groups is 3. The summed E-state index contributed by atoms with van der Waals surface area (Å²) in [5.41, 5.74) is 1.12. The van der Waals surface area contributed by atoms with E-state index in [0.717, 1.165) is 43.4 Å². The molecule has 3 N–H and O–H groups in total. The summed E-state index contributed by atoms with van der Waals surface area (Å²) >= 11 is 0. The highest BCUT2D eigenvalue weighted by Gasteiger charge is 2.48. The van der Waals surface area contributed by atoms with Gasteiger partial charge in [0.15, 0.2) is 5.69 Å². The third-order valence-corrected chi connectivity index (χ3v) is 8.31. The molecule has 1 aliphatic heterocycles. The van der Waals surface area contributed by atoms with Crippen LogP contribution < -0.4 is 16.0 Å². The molecule has 11 nitrogen and oxygen atoms in total. The predicted molar refractivity (Wildman–Crippen MR) is 140 cm³/mol. The minimum atomic E-state index is -4.56. The number of anilines is 1. The summed E-state index contributed by atoms with van der Waals surface area (Å²) in [7, 11) is 0. The van der Waals surface area contributed by atoms with Gasteiger partial charge in [-0.2, -0.15) is 13.2 Å². The summed E-state index contributed by atoms with van der Waals surface area (Å²) in [5, 5.41) is 15.3. The molecular formula is C27H34F3N7O4. The number of hydrogen-bond donors (Lipinski definition) is 3. The Morgan fingerprint density at radius 3 is 2.54 bits per heavy atom. The third-order valence-electron chi connectivity index (χ3n) is 8.31. The lowest BCUT2D eigenvalue weighted by molar-refractivity contribution is -0.150. The lowest BCUT2D eigenvalue weighted by atomic mass is 9.79. The molecule has 2 aromatic rings. The van der Waals surface area contributed by atoms with Crippen LogP contribution in [0.4, 0.5) is 23.8 Å². The Morgan fingerprint density at radius 2 is 1.90 bits per heavy atom. The molecule has 14 heteroatoms. The molecular weight excluding hydrogens is 543 g/mol. The first-order valence-electron chi connectivity index (χ1n) is 14.1. The molecule has 2 aromatic heterocycles. The first kappa shape index (κ1) is 28.8. The number of amides is 4. The van der Waals surface area contributed by atoms with Crippen molar-refractivity contribution in [3.8, 4) is 0 Å². The standard InChI is InChI=1S/C27H34F3N7O4/c1-3-18(37-13-19(27(28,29)30)32-26(37)40)17-10-11-31-20(12-17)33-24(38)22(16-6-4-14(2)5-7-16)34-25(39)23-21(15-8-9-15)35-41-36-23/h10-12,14-16,18-19,22H,3-9,13H2,1-2H3,(H,32,40)(H,34,39)(H,31,33,38)/t14?,16?,18-,19+,22+/m1/s1. The van der Waals surface area contributed by atoms with Crippen LogP contribution >= 0.6 is 0 Å². The van der Waals surface area contributed by atoms with Gasteiger partial charge in [-0.3, -0.25) is 9.59 Å². The van der Waals surface area contributed by atoms with Gasteiger partial charge < -0.3 is 20.9 Å². The minimum Gasteiger partial charge on any atom is -0.338 e. The molecule has 0 unspecified atom stereocenters. The van der Waals surface area contributed by atoms with Crippen LogP contribution in [-0.2, 0) is 4.79 Å². The van der Waals surface area contributed by atoms with E-state index in [1.54, 1.807) is 19.1 Å². The van der Waals surface area contributed by atoms with Crippen molar-refractivity contribution in [3.05, 3.63) is 35.3 Å². The van der Waals surface area contributed by atoms with Gasteiger partial charge in [0, 0.05) is 12.1 Å². The molecule has 4 amide bonds. The molecule has 2 saturated carbocycles. The van der Waals surface area contributed by atoms with Gasteiger partial charge in [0.05, 0.1) is 12.6 Å². The van der Waals surface area contributed by atoms with Crippen molar-refractivity contribution >= 4 is 23.7 Å². The van der Waals surface area contributed by atoms with Crippen LogP contribution in [0.3, 0.4) is 0 Å². The van der Waals surface area contributed by atoms with Gasteiger partial charge in [-0.1, -0.05) is 31.8 Å². The maximum atomic E-state index is 13.6. The Hall–Kier alpha value is -3.71. The van der Waals surface area contributed by atoms with E-state index in [1.807, 2.05) is 5.32 Å². The average molecular weight is 578 g/mol. The SMILES string of the molecule is CC[C@H](c1ccnc(NC(=O)[C@@H](NC(=O)c2nonc2C2CC2)C2CCC(C)CC2)c1)N1C[C@@H](C(F)(F)F)NC1=O. The number of aromatic nitrogens is 3.